The molecule has 0 aliphatic heterocycles. The van der Waals surface area contributed by atoms with Crippen LogP contribution in [0, 0.1) is 5.92 Å². The largest absolute Gasteiger partial charge is 0.381 e. The fourth-order valence-electron chi connectivity index (χ4n) is 1.26. The fraction of sp³-hybridized carbons (Fsp3) is 0.500. The Kier molecular flexibility index (Phi) is 6.78. The lowest BCUT2D eigenvalue weighted by molar-refractivity contribution is -0.117. The number of urea groups is 1. The maximum absolute atomic E-state index is 11.6. The van der Waals surface area contributed by atoms with Crippen molar-refractivity contribution in [3.63, 3.8) is 0 Å². The number of hydrogen-bond donors (Lipinski definition) is 3. The van der Waals surface area contributed by atoms with Crippen molar-refractivity contribution in [3.05, 3.63) is 12.4 Å². The van der Waals surface area contributed by atoms with Crippen LogP contribution < -0.4 is 16.4 Å². The molecule has 0 atom stereocenters. The number of hydrogen-bond acceptors (Lipinski definition) is 6. The molecule has 20 heavy (non-hydrogen) atoms. The van der Waals surface area contributed by atoms with Crippen LogP contribution in [0.15, 0.2) is 17.4 Å². The second-order valence-electron chi connectivity index (χ2n) is 4.52. The number of nitrogen functional groups attached to an aromatic ring is 1. The number of rotatable bonds is 6. The highest BCUT2D eigenvalue weighted by Crippen LogP contribution is 2.18. The molecule has 0 unspecified atom stereocenters. The Labute approximate surface area is 122 Å². The number of nitrogens with two attached hydrogens (primary N) is 1. The van der Waals surface area contributed by atoms with E-state index in [0.29, 0.717) is 17.5 Å². The van der Waals surface area contributed by atoms with Crippen LogP contribution in [0.25, 0.3) is 0 Å². The third-order valence-corrected chi connectivity index (χ3v) is 3.29. The van der Waals surface area contributed by atoms with Crippen LogP contribution in [0.4, 0.5) is 10.6 Å². The minimum Gasteiger partial charge on any atom is -0.381 e. The smallest absolute Gasteiger partial charge is 0.321 e. The maximum Gasteiger partial charge on any atom is 0.321 e. The molecule has 0 saturated carbocycles. The van der Waals surface area contributed by atoms with E-state index in [1.165, 1.54) is 12.4 Å². The van der Waals surface area contributed by atoms with Crippen LogP contribution in [0.3, 0.4) is 0 Å². The van der Waals surface area contributed by atoms with Gasteiger partial charge in [0.05, 0.1) is 5.75 Å². The second kappa shape index (κ2) is 8.36. The molecule has 0 radical (unpaired) electrons. The predicted octanol–water partition coefficient (Wildman–Crippen LogP) is 1.02. The van der Waals surface area contributed by atoms with Gasteiger partial charge >= 0.3 is 6.03 Å². The predicted molar refractivity (Wildman–Crippen MR) is 78.2 cm³/mol. The summed E-state index contributed by atoms with van der Waals surface area (Å²) in [5.74, 6) is 0.426. The number of carbonyl (C=O) groups excluding carboxylic acids is 2. The normalized spacial score (nSPS) is 10.3. The summed E-state index contributed by atoms with van der Waals surface area (Å²) in [6.07, 6.45) is 3.84. The Morgan fingerprint density at radius 1 is 1.35 bits per heavy atom. The lowest BCUT2D eigenvalue weighted by atomic mass is 10.1. The summed E-state index contributed by atoms with van der Waals surface area (Å²) in [5.41, 5.74) is 5.60. The first-order valence-electron chi connectivity index (χ1n) is 6.26. The van der Waals surface area contributed by atoms with Crippen molar-refractivity contribution in [2.24, 2.45) is 5.92 Å². The topological polar surface area (TPSA) is 110 Å². The Bertz CT molecular complexity index is 467. The van der Waals surface area contributed by atoms with Gasteiger partial charge in [-0.15, -0.1) is 0 Å². The molecule has 0 aliphatic rings. The molecular formula is C12H19N5O2S. The van der Waals surface area contributed by atoms with Crippen LogP contribution in [-0.4, -0.2) is 34.2 Å². The van der Waals surface area contributed by atoms with Gasteiger partial charge in [0.15, 0.2) is 5.82 Å². The molecule has 0 saturated heterocycles. The summed E-state index contributed by atoms with van der Waals surface area (Å²) in [7, 11) is 0. The standard InChI is InChI=1S/C12H19N5O2S/c1-8(2)3-4-16-12(19)17-9(18)7-20-11-10(13)14-5-6-15-11/h5-6,8H,3-4,7H2,1-2H3,(H2,13,14)(H2,16,17,18,19). The number of nitrogens with zero attached hydrogens (tertiary/aromatic N) is 2. The second-order valence-corrected chi connectivity index (χ2v) is 5.49. The highest BCUT2D eigenvalue weighted by Gasteiger charge is 2.10. The number of anilines is 1. The van der Waals surface area contributed by atoms with Crippen LogP contribution >= 0.6 is 11.8 Å². The van der Waals surface area contributed by atoms with Crippen molar-refractivity contribution in [1.29, 1.82) is 0 Å². The molecule has 0 spiro atoms. The summed E-state index contributed by atoms with van der Waals surface area (Å²) in [6.45, 7) is 4.67. The Morgan fingerprint density at radius 3 is 2.70 bits per heavy atom. The number of nitrogens with one attached hydrogen (secondary N) is 2. The third kappa shape index (κ3) is 6.37. The molecule has 1 rings (SSSR count). The summed E-state index contributed by atoms with van der Waals surface area (Å²) in [5, 5.41) is 5.34. The molecule has 0 bridgehead atoms. The number of amides is 3. The van der Waals surface area contributed by atoms with Gasteiger partial charge in [0.1, 0.15) is 5.03 Å². The van der Waals surface area contributed by atoms with E-state index in [0.717, 1.165) is 18.2 Å². The zero-order chi connectivity index (χ0) is 15.0. The lowest BCUT2D eigenvalue weighted by Gasteiger charge is -2.08. The molecular weight excluding hydrogens is 278 g/mol. The van der Waals surface area contributed by atoms with Gasteiger partial charge in [-0.2, -0.15) is 0 Å². The van der Waals surface area contributed by atoms with Crippen molar-refractivity contribution >= 4 is 29.5 Å². The van der Waals surface area contributed by atoms with Crippen molar-refractivity contribution in [2.75, 3.05) is 18.0 Å². The molecule has 7 nitrogen and oxygen atoms in total. The van der Waals surface area contributed by atoms with E-state index < -0.39 is 11.9 Å². The molecule has 1 aromatic rings. The molecule has 1 heterocycles. The van der Waals surface area contributed by atoms with E-state index in [9.17, 15) is 9.59 Å². The first-order chi connectivity index (χ1) is 9.49. The third-order valence-electron chi connectivity index (χ3n) is 2.29. The number of aromatic nitrogens is 2. The number of imide groups is 1. The van der Waals surface area contributed by atoms with Crippen molar-refractivity contribution < 1.29 is 9.59 Å². The first kappa shape index (κ1) is 16.2. The van der Waals surface area contributed by atoms with Gasteiger partial charge in [0.25, 0.3) is 0 Å². The molecule has 0 fully saturated rings. The highest BCUT2D eigenvalue weighted by molar-refractivity contribution is 8.00. The highest BCUT2D eigenvalue weighted by atomic mass is 32.2. The van der Waals surface area contributed by atoms with Crippen LogP contribution in [0.5, 0.6) is 0 Å². The minimum atomic E-state index is -0.483. The van der Waals surface area contributed by atoms with Gasteiger partial charge in [-0.05, 0) is 12.3 Å². The Balaban J connectivity index is 2.26. The Hall–Kier alpha value is -1.83. The first-order valence-corrected chi connectivity index (χ1v) is 7.24. The van der Waals surface area contributed by atoms with Gasteiger partial charge in [-0.25, -0.2) is 14.8 Å². The summed E-state index contributed by atoms with van der Waals surface area (Å²) in [6, 6.07) is -0.483. The van der Waals surface area contributed by atoms with Gasteiger partial charge in [-0.3, -0.25) is 10.1 Å². The lowest BCUT2D eigenvalue weighted by Crippen LogP contribution is -2.40. The molecule has 4 N–H and O–H groups in total. The SMILES string of the molecule is CC(C)CCNC(=O)NC(=O)CSc1nccnc1N. The van der Waals surface area contributed by atoms with Crippen molar-refractivity contribution in [3.8, 4) is 0 Å². The van der Waals surface area contributed by atoms with E-state index in [4.69, 9.17) is 5.73 Å². The van der Waals surface area contributed by atoms with Crippen LogP contribution in [-0.2, 0) is 4.79 Å². The average Bonchev–Trinajstić information content (AvgIpc) is 2.37. The maximum atomic E-state index is 11.6. The van der Waals surface area contributed by atoms with E-state index in [-0.39, 0.29) is 11.6 Å². The number of thioether (sulfide) groups is 1. The number of carbonyl (C=O) groups is 2. The Morgan fingerprint density at radius 2 is 2.05 bits per heavy atom. The average molecular weight is 297 g/mol. The fourth-order valence-corrected chi connectivity index (χ4v) is 1.94. The molecule has 0 aliphatic carbocycles. The summed E-state index contributed by atoms with van der Waals surface area (Å²) >= 11 is 1.14. The van der Waals surface area contributed by atoms with E-state index >= 15 is 0 Å². The van der Waals surface area contributed by atoms with E-state index in [2.05, 4.69) is 34.4 Å². The van der Waals surface area contributed by atoms with E-state index in [1.54, 1.807) is 0 Å². The van der Waals surface area contributed by atoms with Gasteiger partial charge in [-0.1, -0.05) is 25.6 Å². The molecule has 110 valence electrons. The summed E-state index contributed by atoms with van der Waals surface area (Å²) < 4.78 is 0. The van der Waals surface area contributed by atoms with Gasteiger partial charge < -0.3 is 11.1 Å². The molecule has 3 amide bonds. The van der Waals surface area contributed by atoms with E-state index in [1.807, 2.05) is 0 Å². The monoisotopic (exact) mass is 297 g/mol. The molecule has 0 aromatic carbocycles. The molecule has 1 aromatic heterocycles. The van der Waals surface area contributed by atoms with Gasteiger partial charge in [0.2, 0.25) is 5.91 Å². The van der Waals surface area contributed by atoms with Crippen molar-refractivity contribution in [1.82, 2.24) is 20.6 Å². The van der Waals surface area contributed by atoms with Crippen molar-refractivity contribution in [2.45, 2.75) is 25.3 Å². The van der Waals surface area contributed by atoms with Gasteiger partial charge in [0, 0.05) is 18.9 Å². The van der Waals surface area contributed by atoms with Crippen LogP contribution in [0.1, 0.15) is 20.3 Å². The minimum absolute atomic E-state index is 0.0560. The zero-order valence-electron chi connectivity index (χ0n) is 11.5. The molecule has 8 heteroatoms. The van der Waals surface area contributed by atoms with Crippen LogP contribution in [0.2, 0.25) is 0 Å². The summed E-state index contributed by atoms with van der Waals surface area (Å²) in [4.78, 5) is 30.8. The zero-order valence-corrected chi connectivity index (χ0v) is 12.4. The quantitative estimate of drug-likeness (QED) is 0.676.